The summed E-state index contributed by atoms with van der Waals surface area (Å²) in [5.74, 6) is -0.246. The zero-order chi connectivity index (χ0) is 13.7. The average Bonchev–Trinajstić information content (AvgIpc) is 2.89. The van der Waals surface area contributed by atoms with Gasteiger partial charge in [0.15, 0.2) is 0 Å². The molecule has 0 fully saturated rings. The third kappa shape index (κ3) is 3.66. The molecule has 19 heavy (non-hydrogen) atoms. The second-order valence-electron chi connectivity index (χ2n) is 4.22. The molecule has 0 aliphatic heterocycles. The molecule has 1 atom stereocenters. The molecule has 1 aromatic carbocycles. The molecule has 3 nitrogen and oxygen atoms in total. The number of rotatable bonds is 5. The lowest BCUT2D eigenvalue weighted by atomic mass is 10.1. The lowest BCUT2D eigenvalue weighted by Crippen LogP contribution is -2.16. The van der Waals surface area contributed by atoms with Crippen LogP contribution in [0, 0.1) is 0 Å². The van der Waals surface area contributed by atoms with Gasteiger partial charge in [-0.15, -0.1) is 11.3 Å². The minimum atomic E-state index is -0.290. The molecule has 0 radical (unpaired) electrons. The molecule has 0 amide bonds. The molecule has 2 aromatic rings. The van der Waals surface area contributed by atoms with E-state index in [1.807, 2.05) is 24.3 Å². The van der Waals surface area contributed by atoms with Gasteiger partial charge in [-0.2, -0.15) is 0 Å². The van der Waals surface area contributed by atoms with Gasteiger partial charge in [0.1, 0.15) is 0 Å². The van der Waals surface area contributed by atoms with Crippen LogP contribution in [-0.2, 0) is 9.53 Å². The number of carbonyl (C=O) groups excluding carboxylic acids is 1. The molecule has 2 N–H and O–H groups in total. The predicted octanol–water partition coefficient (Wildman–Crippen LogP) is 3.37. The SMILES string of the molecule is CCOC(=O)C[C@H](N)c1cc(-c2ccccc2)cs1. The summed E-state index contributed by atoms with van der Waals surface area (Å²) in [6, 6.07) is 11.9. The van der Waals surface area contributed by atoms with E-state index in [2.05, 4.69) is 17.5 Å². The fraction of sp³-hybridized carbons (Fsp3) is 0.267. The van der Waals surface area contributed by atoms with Crippen LogP contribution >= 0.6 is 11.3 Å². The monoisotopic (exact) mass is 275 g/mol. The van der Waals surface area contributed by atoms with Crippen LogP contribution in [0.25, 0.3) is 11.1 Å². The van der Waals surface area contributed by atoms with Gasteiger partial charge >= 0.3 is 5.97 Å². The zero-order valence-corrected chi connectivity index (χ0v) is 11.7. The number of hydrogen-bond donors (Lipinski definition) is 1. The van der Waals surface area contributed by atoms with Crippen molar-refractivity contribution in [1.29, 1.82) is 0 Å². The van der Waals surface area contributed by atoms with Crippen molar-refractivity contribution in [2.45, 2.75) is 19.4 Å². The molecule has 0 aliphatic rings. The van der Waals surface area contributed by atoms with E-state index in [4.69, 9.17) is 10.5 Å². The van der Waals surface area contributed by atoms with Gasteiger partial charge in [0, 0.05) is 10.9 Å². The summed E-state index contributed by atoms with van der Waals surface area (Å²) in [6.45, 7) is 2.19. The molecule has 2 rings (SSSR count). The summed E-state index contributed by atoms with van der Waals surface area (Å²) < 4.78 is 4.91. The zero-order valence-electron chi connectivity index (χ0n) is 10.8. The Morgan fingerprint density at radius 3 is 2.74 bits per heavy atom. The second kappa shape index (κ2) is 6.50. The van der Waals surface area contributed by atoms with E-state index in [1.54, 1.807) is 18.3 Å². The summed E-state index contributed by atoms with van der Waals surface area (Å²) in [6.07, 6.45) is 0.225. The van der Waals surface area contributed by atoms with Gasteiger partial charge in [-0.25, -0.2) is 0 Å². The lowest BCUT2D eigenvalue weighted by Gasteiger charge is -2.08. The van der Waals surface area contributed by atoms with Gasteiger partial charge in [-0.05, 0) is 29.5 Å². The van der Waals surface area contributed by atoms with Crippen molar-refractivity contribution in [3.8, 4) is 11.1 Å². The van der Waals surface area contributed by atoms with Crippen LogP contribution in [0.5, 0.6) is 0 Å². The minimum Gasteiger partial charge on any atom is -0.466 e. The molecule has 0 spiro atoms. The molecule has 1 heterocycles. The Bertz CT molecular complexity index is 536. The first-order valence-corrected chi connectivity index (χ1v) is 7.13. The third-order valence-corrected chi connectivity index (χ3v) is 3.85. The summed E-state index contributed by atoms with van der Waals surface area (Å²) in [5.41, 5.74) is 8.33. The maximum absolute atomic E-state index is 11.4. The predicted molar refractivity (Wildman–Crippen MR) is 77.9 cm³/mol. The molecular formula is C15H17NO2S. The fourth-order valence-corrected chi connectivity index (χ4v) is 2.75. The summed E-state index contributed by atoms with van der Waals surface area (Å²) >= 11 is 1.58. The van der Waals surface area contributed by atoms with E-state index in [9.17, 15) is 4.79 Å². The highest BCUT2D eigenvalue weighted by Gasteiger charge is 2.14. The van der Waals surface area contributed by atoms with Crippen molar-refractivity contribution < 1.29 is 9.53 Å². The number of benzene rings is 1. The molecule has 0 unspecified atom stereocenters. The Hall–Kier alpha value is -1.65. The van der Waals surface area contributed by atoms with Crippen LogP contribution in [0.1, 0.15) is 24.3 Å². The fourth-order valence-electron chi connectivity index (χ4n) is 1.83. The molecule has 1 aromatic heterocycles. The van der Waals surface area contributed by atoms with Crippen LogP contribution in [0.15, 0.2) is 41.8 Å². The Balaban J connectivity index is 2.07. The first kappa shape index (κ1) is 13.8. The summed E-state index contributed by atoms with van der Waals surface area (Å²) in [7, 11) is 0. The van der Waals surface area contributed by atoms with Gasteiger partial charge in [-0.3, -0.25) is 4.79 Å². The highest BCUT2D eigenvalue weighted by Crippen LogP contribution is 2.29. The second-order valence-corrected chi connectivity index (χ2v) is 5.16. The van der Waals surface area contributed by atoms with Crippen molar-refractivity contribution in [3.63, 3.8) is 0 Å². The molecule has 100 valence electrons. The molecule has 0 saturated carbocycles. The molecule has 4 heteroatoms. The van der Waals surface area contributed by atoms with Crippen molar-refractivity contribution in [2.24, 2.45) is 5.73 Å². The van der Waals surface area contributed by atoms with E-state index in [0.29, 0.717) is 6.61 Å². The number of hydrogen-bond acceptors (Lipinski definition) is 4. The van der Waals surface area contributed by atoms with Gasteiger partial charge < -0.3 is 10.5 Å². The van der Waals surface area contributed by atoms with Gasteiger partial charge in [-0.1, -0.05) is 30.3 Å². The van der Waals surface area contributed by atoms with Crippen molar-refractivity contribution in [1.82, 2.24) is 0 Å². The van der Waals surface area contributed by atoms with E-state index in [0.717, 1.165) is 16.0 Å². The Labute approximate surface area is 117 Å². The van der Waals surface area contributed by atoms with Gasteiger partial charge in [0.2, 0.25) is 0 Å². The first-order chi connectivity index (χ1) is 9.20. The molecular weight excluding hydrogens is 258 g/mol. The Morgan fingerprint density at radius 1 is 1.32 bits per heavy atom. The lowest BCUT2D eigenvalue weighted by molar-refractivity contribution is -0.143. The standard InChI is InChI=1S/C15H17NO2S/c1-2-18-15(17)9-13(16)14-8-12(10-19-14)11-6-4-3-5-7-11/h3-8,10,13H,2,9,16H2,1H3/t13-/m0/s1. The minimum absolute atomic E-state index is 0.225. The van der Waals surface area contributed by atoms with E-state index >= 15 is 0 Å². The molecule has 0 saturated heterocycles. The van der Waals surface area contributed by atoms with Crippen molar-refractivity contribution in [2.75, 3.05) is 6.61 Å². The topological polar surface area (TPSA) is 52.3 Å². The van der Waals surface area contributed by atoms with Crippen LogP contribution in [-0.4, -0.2) is 12.6 Å². The molecule has 0 aliphatic carbocycles. The van der Waals surface area contributed by atoms with Gasteiger partial charge in [0.05, 0.1) is 13.0 Å². The quantitative estimate of drug-likeness (QED) is 0.851. The normalized spacial score (nSPS) is 12.1. The van der Waals surface area contributed by atoms with E-state index in [-0.39, 0.29) is 18.4 Å². The Kier molecular flexibility index (Phi) is 4.71. The van der Waals surface area contributed by atoms with E-state index < -0.39 is 0 Å². The number of carbonyl (C=O) groups is 1. The summed E-state index contributed by atoms with van der Waals surface area (Å²) in [5, 5.41) is 2.07. The van der Waals surface area contributed by atoms with Crippen LogP contribution in [0.2, 0.25) is 0 Å². The maximum Gasteiger partial charge on any atom is 0.307 e. The first-order valence-electron chi connectivity index (χ1n) is 6.25. The largest absolute Gasteiger partial charge is 0.466 e. The Morgan fingerprint density at radius 2 is 2.05 bits per heavy atom. The molecule has 0 bridgehead atoms. The third-order valence-electron chi connectivity index (χ3n) is 2.78. The summed E-state index contributed by atoms with van der Waals surface area (Å²) in [4.78, 5) is 12.4. The smallest absolute Gasteiger partial charge is 0.307 e. The van der Waals surface area contributed by atoms with Crippen LogP contribution < -0.4 is 5.73 Å². The van der Waals surface area contributed by atoms with Crippen LogP contribution in [0.4, 0.5) is 0 Å². The average molecular weight is 275 g/mol. The van der Waals surface area contributed by atoms with Crippen molar-refractivity contribution >= 4 is 17.3 Å². The number of nitrogens with two attached hydrogens (primary N) is 1. The highest BCUT2D eigenvalue weighted by molar-refractivity contribution is 7.10. The maximum atomic E-state index is 11.4. The number of esters is 1. The number of thiophene rings is 1. The highest BCUT2D eigenvalue weighted by atomic mass is 32.1. The van der Waals surface area contributed by atoms with Crippen molar-refractivity contribution in [3.05, 3.63) is 46.7 Å². The van der Waals surface area contributed by atoms with Gasteiger partial charge in [0.25, 0.3) is 0 Å². The van der Waals surface area contributed by atoms with Crippen LogP contribution in [0.3, 0.4) is 0 Å². The number of ether oxygens (including phenoxy) is 1. The van der Waals surface area contributed by atoms with E-state index in [1.165, 1.54) is 0 Å².